The summed E-state index contributed by atoms with van der Waals surface area (Å²) in [6, 6.07) is 1.32. The van der Waals surface area contributed by atoms with E-state index < -0.39 is 0 Å². The van der Waals surface area contributed by atoms with Gasteiger partial charge in [0, 0.05) is 31.7 Å². The highest BCUT2D eigenvalue weighted by molar-refractivity contribution is 4.94. The molecule has 1 N–H and O–H groups in total. The highest BCUT2D eigenvalue weighted by Gasteiger charge is 2.37. The van der Waals surface area contributed by atoms with Crippen LogP contribution in [0.4, 0.5) is 0 Å². The van der Waals surface area contributed by atoms with Gasteiger partial charge in [-0.25, -0.2) is 0 Å². The third-order valence-electron chi connectivity index (χ3n) is 5.37. The summed E-state index contributed by atoms with van der Waals surface area (Å²) >= 11 is 0. The van der Waals surface area contributed by atoms with E-state index in [0.717, 1.165) is 17.8 Å². The molecule has 1 heterocycles. The van der Waals surface area contributed by atoms with Crippen LogP contribution in [0.25, 0.3) is 0 Å². The second kappa shape index (κ2) is 6.55. The van der Waals surface area contributed by atoms with Gasteiger partial charge in [-0.3, -0.25) is 4.90 Å². The van der Waals surface area contributed by atoms with Gasteiger partial charge in [0.2, 0.25) is 0 Å². The Morgan fingerprint density at radius 1 is 1.00 bits per heavy atom. The Kier molecular flexibility index (Phi) is 5.27. The molecular weight excluding hydrogens is 234 g/mol. The van der Waals surface area contributed by atoms with Crippen molar-refractivity contribution in [3.8, 4) is 0 Å². The van der Waals surface area contributed by atoms with E-state index in [9.17, 15) is 0 Å². The van der Waals surface area contributed by atoms with E-state index >= 15 is 0 Å². The van der Waals surface area contributed by atoms with Gasteiger partial charge >= 0.3 is 0 Å². The zero-order valence-corrected chi connectivity index (χ0v) is 13.5. The molecule has 0 spiro atoms. The molecular formula is C16H33N3. The lowest BCUT2D eigenvalue weighted by Crippen LogP contribution is -2.60. The molecule has 0 aromatic rings. The number of hydrogen-bond donors (Lipinski definition) is 1. The normalized spacial score (nSPS) is 40.3. The maximum atomic E-state index is 3.67. The van der Waals surface area contributed by atoms with Crippen LogP contribution in [0.3, 0.4) is 0 Å². The predicted molar refractivity (Wildman–Crippen MR) is 82.4 cm³/mol. The first-order valence-electron chi connectivity index (χ1n) is 8.07. The van der Waals surface area contributed by atoms with E-state index in [-0.39, 0.29) is 0 Å². The summed E-state index contributed by atoms with van der Waals surface area (Å²) in [5.74, 6) is 2.65. The molecule has 0 bridgehead atoms. The molecule has 3 nitrogen and oxygen atoms in total. The lowest BCUT2D eigenvalue weighted by molar-refractivity contribution is 0.0529. The van der Waals surface area contributed by atoms with E-state index in [4.69, 9.17) is 0 Å². The molecule has 2 fully saturated rings. The number of hydrogen-bond acceptors (Lipinski definition) is 3. The first kappa shape index (κ1) is 15.3. The monoisotopic (exact) mass is 267 g/mol. The molecule has 1 aliphatic carbocycles. The smallest absolute Gasteiger partial charge is 0.0376 e. The molecule has 0 aromatic carbocycles. The summed E-state index contributed by atoms with van der Waals surface area (Å²) in [4.78, 5) is 5.07. The first-order chi connectivity index (χ1) is 9.01. The van der Waals surface area contributed by atoms with Crippen molar-refractivity contribution >= 4 is 0 Å². The third-order valence-corrected chi connectivity index (χ3v) is 5.37. The van der Waals surface area contributed by atoms with Gasteiger partial charge in [-0.05, 0) is 58.2 Å². The number of nitrogens with zero attached hydrogens (tertiary/aromatic N) is 2. The Bertz CT molecular complexity index is 271. The van der Waals surface area contributed by atoms with Crippen molar-refractivity contribution in [1.82, 2.24) is 15.1 Å². The van der Waals surface area contributed by atoms with E-state index in [1.165, 1.54) is 38.9 Å². The van der Waals surface area contributed by atoms with Crippen LogP contribution < -0.4 is 5.32 Å². The summed E-state index contributed by atoms with van der Waals surface area (Å²) in [6.45, 7) is 8.50. The van der Waals surface area contributed by atoms with Gasteiger partial charge < -0.3 is 10.2 Å². The van der Waals surface area contributed by atoms with Crippen LogP contribution in [0, 0.1) is 17.8 Å². The molecule has 2 rings (SSSR count). The molecule has 19 heavy (non-hydrogen) atoms. The molecule has 0 radical (unpaired) electrons. The Morgan fingerprint density at radius 3 is 2.21 bits per heavy atom. The van der Waals surface area contributed by atoms with Crippen molar-refractivity contribution in [3.05, 3.63) is 0 Å². The minimum Gasteiger partial charge on any atom is -0.315 e. The Morgan fingerprint density at radius 2 is 1.63 bits per heavy atom. The van der Waals surface area contributed by atoms with Crippen molar-refractivity contribution < 1.29 is 0 Å². The summed E-state index contributed by atoms with van der Waals surface area (Å²) < 4.78 is 0. The van der Waals surface area contributed by atoms with Gasteiger partial charge in [-0.1, -0.05) is 13.8 Å². The van der Waals surface area contributed by atoms with E-state index in [2.05, 4.69) is 50.1 Å². The van der Waals surface area contributed by atoms with Gasteiger partial charge in [-0.2, -0.15) is 0 Å². The topological polar surface area (TPSA) is 18.5 Å². The fourth-order valence-corrected chi connectivity index (χ4v) is 4.48. The van der Waals surface area contributed by atoms with Crippen molar-refractivity contribution in [2.24, 2.45) is 17.8 Å². The molecule has 2 aliphatic rings. The fourth-order valence-electron chi connectivity index (χ4n) is 4.48. The van der Waals surface area contributed by atoms with Crippen LogP contribution >= 0.6 is 0 Å². The minimum absolute atomic E-state index is 0.651. The van der Waals surface area contributed by atoms with Gasteiger partial charge in [0.05, 0.1) is 0 Å². The van der Waals surface area contributed by atoms with Crippen molar-refractivity contribution in [3.63, 3.8) is 0 Å². The van der Waals surface area contributed by atoms with Crippen LogP contribution in [0.5, 0.6) is 0 Å². The zero-order valence-electron chi connectivity index (χ0n) is 13.5. The molecule has 1 saturated carbocycles. The maximum absolute atomic E-state index is 3.67. The molecule has 1 saturated heterocycles. The molecule has 4 atom stereocenters. The highest BCUT2D eigenvalue weighted by Crippen LogP contribution is 2.36. The second-order valence-corrected chi connectivity index (χ2v) is 7.30. The Hall–Kier alpha value is -0.120. The predicted octanol–water partition coefficient (Wildman–Crippen LogP) is 1.89. The minimum atomic E-state index is 0.651. The number of rotatable bonds is 3. The molecule has 0 amide bonds. The molecule has 3 heteroatoms. The summed E-state index contributed by atoms with van der Waals surface area (Å²) in [5, 5.41) is 3.67. The average Bonchev–Trinajstić information content (AvgIpc) is 2.33. The van der Waals surface area contributed by atoms with Gasteiger partial charge in [-0.15, -0.1) is 0 Å². The number of nitrogens with one attached hydrogen (secondary N) is 1. The van der Waals surface area contributed by atoms with Gasteiger partial charge in [0.25, 0.3) is 0 Å². The molecule has 112 valence electrons. The van der Waals surface area contributed by atoms with Crippen LogP contribution in [-0.4, -0.2) is 62.7 Å². The molecule has 0 aromatic heterocycles. The van der Waals surface area contributed by atoms with E-state index in [1.807, 2.05) is 0 Å². The summed E-state index contributed by atoms with van der Waals surface area (Å²) in [5.41, 5.74) is 0. The molecule has 1 aliphatic heterocycles. The van der Waals surface area contributed by atoms with Gasteiger partial charge in [0.15, 0.2) is 0 Å². The van der Waals surface area contributed by atoms with Crippen LogP contribution in [0.1, 0.15) is 33.1 Å². The maximum Gasteiger partial charge on any atom is 0.0376 e. The number of piperazine rings is 1. The zero-order chi connectivity index (χ0) is 14.0. The van der Waals surface area contributed by atoms with E-state index in [1.54, 1.807) is 0 Å². The lowest BCUT2D eigenvalue weighted by atomic mass is 9.72. The van der Waals surface area contributed by atoms with Crippen molar-refractivity contribution in [2.75, 3.05) is 40.8 Å². The van der Waals surface area contributed by atoms with E-state index in [0.29, 0.717) is 12.1 Å². The average molecular weight is 267 g/mol. The summed E-state index contributed by atoms with van der Waals surface area (Å²) in [7, 11) is 6.73. The number of likely N-dealkylation sites (N-methyl/N-ethyl adjacent to an activating group) is 3. The third kappa shape index (κ3) is 3.71. The molecule has 4 unspecified atom stereocenters. The fraction of sp³-hybridized carbons (Fsp3) is 1.00. The lowest BCUT2D eigenvalue weighted by Gasteiger charge is -2.46. The largest absolute Gasteiger partial charge is 0.315 e. The van der Waals surface area contributed by atoms with Crippen LogP contribution in [0.15, 0.2) is 0 Å². The Balaban J connectivity index is 2.05. The summed E-state index contributed by atoms with van der Waals surface area (Å²) in [6.07, 6.45) is 4.24. The SMILES string of the molecule is CNC(C1CC(C)CC(C)C1)C1CN(C)CCN1C. The second-order valence-electron chi connectivity index (χ2n) is 7.30. The van der Waals surface area contributed by atoms with Crippen molar-refractivity contribution in [1.29, 1.82) is 0 Å². The highest BCUT2D eigenvalue weighted by atomic mass is 15.3. The Labute approximate surface area is 119 Å². The standard InChI is InChI=1S/C16H33N3/c1-12-8-13(2)10-14(9-12)16(17-3)15-11-18(4)6-7-19(15)5/h12-17H,6-11H2,1-5H3. The quantitative estimate of drug-likeness (QED) is 0.842. The first-order valence-corrected chi connectivity index (χ1v) is 8.07. The van der Waals surface area contributed by atoms with Crippen LogP contribution in [0.2, 0.25) is 0 Å². The van der Waals surface area contributed by atoms with Crippen LogP contribution in [-0.2, 0) is 0 Å². The van der Waals surface area contributed by atoms with Crippen molar-refractivity contribution in [2.45, 2.75) is 45.2 Å². The van der Waals surface area contributed by atoms with Gasteiger partial charge in [0.1, 0.15) is 0 Å².